The van der Waals surface area contributed by atoms with E-state index in [4.69, 9.17) is 21.1 Å². The highest BCUT2D eigenvalue weighted by Gasteiger charge is 2.42. The first-order valence-corrected chi connectivity index (χ1v) is 12.7. The second-order valence-electron chi connectivity index (χ2n) is 9.50. The van der Waals surface area contributed by atoms with Gasteiger partial charge in [-0.2, -0.15) is 0 Å². The van der Waals surface area contributed by atoms with Crippen LogP contribution < -0.4 is 4.74 Å². The molecule has 1 aliphatic heterocycles. The molecule has 37 heavy (non-hydrogen) atoms. The van der Waals surface area contributed by atoms with E-state index in [1.165, 1.54) is 0 Å². The molecule has 0 N–H and O–H groups in total. The van der Waals surface area contributed by atoms with E-state index in [-0.39, 0.29) is 37.8 Å². The van der Waals surface area contributed by atoms with Gasteiger partial charge in [0.2, 0.25) is 11.8 Å². The Morgan fingerprint density at radius 2 is 1.92 bits per heavy atom. The summed E-state index contributed by atoms with van der Waals surface area (Å²) in [6.45, 7) is 3.53. The van der Waals surface area contributed by atoms with Crippen LogP contribution in [0.3, 0.4) is 0 Å². The summed E-state index contributed by atoms with van der Waals surface area (Å²) in [5, 5.41) is 0.654. The van der Waals surface area contributed by atoms with Gasteiger partial charge in [-0.15, -0.1) is 0 Å². The molecule has 4 rings (SSSR count). The van der Waals surface area contributed by atoms with E-state index >= 15 is 0 Å². The zero-order chi connectivity index (χ0) is 26.3. The third-order valence-electron chi connectivity index (χ3n) is 6.47. The van der Waals surface area contributed by atoms with Gasteiger partial charge in [0.05, 0.1) is 26.0 Å². The van der Waals surface area contributed by atoms with E-state index in [1.54, 1.807) is 41.4 Å². The molecule has 0 saturated carbocycles. The minimum atomic E-state index is -0.988. The number of amides is 2. The van der Waals surface area contributed by atoms with Crippen LogP contribution in [0.1, 0.15) is 23.1 Å². The first kappa shape index (κ1) is 26.6. The lowest BCUT2D eigenvalue weighted by Gasteiger charge is -2.42. The molecule has 2 aromatic carbocycles. The Hall–Kier alpha value is -3.42. The predicted octanol–water partition coefficient (Wildman–Crippen LogP) is 4.31. The summed E-state index contributed by atoms with van der Waals surface area (Å²) in [4.78, 5) is 34.1. The van der Waals surface area contributed by atoms with Crippen LogP contribution in [-0.2, 0) is 27.3 Å². The number of benzene rings is 2. The largest absolute Gasteiger partial charge is 0.490 e. The van der Waals surface area contributed by atoms with Gasteiger partial charge in [-0.1, -0.05) is 48.0 Å². The predicted molar refractivity (Wildman–Crippen MR) is 142 cm³/mol. The number of morpholine rings is 1. The molecule has 1 aromatic heterocycles. The van der Waals surface area contributed by atoms with Crippen molar-refractivity contribution in [2.75, 3.05) is 33.4 Å². The van der Waals surface area contributed by atoms with Crippen molar-refractivity contribution in [1.29, 1.82) is 0 Å². The highest BCUT2D eigenvalue weighted by molar-refractivity contribution is 6.31. The lowest BCUT2D eigenvalue weighted by molar-refractivity contribution is -0.165. The number of halogens is 1. The van der Waals surface area contributed by atoms with Crippen molar-refractivity contribution in [3.8, 4) is 5.75 Å². The van der Waals surface area contributed by atoms with E-state index < -0.39 is 5.60 Å². The number of rotatable bonds is 9. The summed E-state index contributed by atoms with van der Waals surface area (Å²) in [6.07, 6.45) is 3.70. The molecule has 7 nitrogen and oxygen atoms in total. The van der Waals surface area contributed by atoms with E-state index in [2.05, 4.69) is 4.98 Å². The van der Waals surface area contributed by atoms with Gasteiger partial charge in [-0.3, -0.25) is 14.6 Å². The first-order chi connectivity index (χ1) is 17.8. The normalized spacial score (nSPS) is 17.3. The Morgan fingerprint density at radius 1 is 1.14 bits per heavy atom. The molecule has 0 bridgehead atoms. The summed E-state index contributed by atoms with van der Waals surface area (Å²) < 4.78 is 12.4. The molecular formula is C29H32ClN3O4. The molecule has 194 valence electrons. The summed E-state index contributed by atoms with van der Waals surface area (Å²) in [6, 6.07) is 18.9. The van der Waals surface area contributed by atoms with Gasteiger partial charge < -0.3 is 19.3 Å². The van der Waals surface area contributed by atoms with Gasteiger partial charge >= 0.3 is 0 Å². The standard InChI is InChI=1S/C29H32ClN3O4/c1-22-15-25(10-11-26(22)30)36-21-29(17-28(35)32(2)19-23-7-4-3-5-8-23)20-33(13-14-37-29)27(34)16-24-9-6-12-31-18-24/h3-12,15,18H,13-14,16-17,19-21H2,1-2H3. The van der Waals surface area contributed by atoms with Gasteiger partial charge in [0, 0.05) is 37.6 Å². The molecule has 0 aliphatic carbocycles. The fourth-order valence-corrected chi connectivity index (χ4v) is 4.49. The number of nitrogens with zero attached hydrogens (tertiary/aromatic N) is 3. The zero-order valence-electron chi connectivity index (χ0n) is 21.2. The molecule has 1 saturated heterocycles. The summed E-state index contributed by atoms with van der Waals surface area (Å²) >= 11 is 6.17. The molecule has 1 unspecified atom stereocenters. The maximum atomic E-state index is 13.4. The third-order valence-corrected chi connectivity index (χ3v) is 6.90. The molecule has 0 spiro atoms. The molecule has 8 heteroatoms. The van der Waals surface area contributed by atoms with Crippen LogP contribution in [0.4, 0.5) is 0 Å². The van der Waals surface area contributed by atoms with Crippen LogP contribution in [0.25, 0.3) is 0 Å². The van der Waals surface area contributed by atoms with E-state index in [1.807, 2.05) is 55.5 Å². The van der Waals surface area contributed by atoms with Crippen molar-refractivity contribution in [3.05, 3.63) is 94.8 Å². The summed E-state index contributed by atoms with van der Waals surface area (Å²) in [5.74, 6) is 0.517. The molecule has 2 amide bonds. The monoisotopic (exact) mass is 521 g/mol. The first-order valence-electron chi connectivity index (χ1n) is 12.3. The van der Waals surface area contributed by atoms with E-state index in [0.29, 0.717) is 30.5 Å². The Labute approximate surface area is 223 Å². The van der Waals surface area contributed by atoms with Crippen LogP contribution in [0.2, 0.25) is 5.02 Å². The van der Waals surface area contributed by atoms with Crippen molar-refractivity contribution < 1.29 is 19.1 Å². The van der Waals surface area contributed by atoms with Gasteiger partial charge in [-0.05, 0) is 47.9 Å². The topological polar surface area (TPSA) is 72.0 Å². The quantitative estimate of drug-likeness (QED) is 0.419. The highest BCUT2D eigenvalue weighted by Crippen LogP contribution is 2.27. The SMILES string of the molecule is Cc1cc(OCC2(CC(=O)N(C)Cc3ccccc3)CN(C(=O)Cc3cccnc3)CCO2)ccc1Cl. The molecular weight excluding hydrogens is 490 g/mol. The number of aromatic nitrogens is 1. The Kier molecular flexibility index (Phi) is 8.79. The third kappa shape index (κ3) is 7.31. The van der Waals surface area contributed by atoms with Crippen molar-refractivity contribution in [2.24, 2.45) is 0 Å². The van der Waals surface area contributed by atoms with Gasteiger partial charge in [-0.25, -0.2) is 0 Å². The van der Waals surface area contributed by atoms with Crippen LogP contribution in [0, 0.1) is 6.92 Å². The number of hydrogen-bond donors (Lipinski definition) is 0. The molecule has 1 aliphatic rings. The number of hydrogen-bond acceptors (Lipinski definition) is 5. The maximum absolute atomic E-state index is 13.4. The number of pyridine rings is 1. The minimum Gasteiger partial charge on any atom is -0.490 e. The van der Waals surface area contributed by atoms with E-state index in [0.717, 1.165) is 16.7 Å². The number of carbonyl (C=O) groups excluding carboxylic acids is 2. The average Bonchev–Trinajstić information content (AvgIpc) is 2.90. The van der Waals surface area contributed by atoms with Crippen LogP contribution in [0.15, 0.2) is 73.1 Å². The fourth-order valence-electron chi connectivity index (χ4n) is 4.37. The average molecular weight is 522 g/mol. The Morgan fingerprint density at radius 3 is 2.65 bits per heavy atom. The van der Waals surface area contributed by atoms with Gasteiger partial charge in [0.15, 0.2) is 0 Å². The minimum absolute atomic E-state index is 0.0342. The van der Waals surface area contributed by atoms with Crippen LogP contribution >= 0.6 is 11.6 Å². The van der Waals surface area contributed by atoms with E-state index in [9.17, 15) is 9.59 Å². The van der Waals surface area contributed by atoms with Crippen molar-refractivity contribution in [2.45, 2.75) is 31.9 Å². The number of aryl methyl sites for hydroxylation is 1. The van der Waals surface area contributed by atoms with Crippen LogP contribution in [-0.4, -0.2) is 65.6 Å². The van der Waals surface area contributed by atoms with Gasteiger partial charge in [0.25, 0.3) is 0 Å². The summed E-state index contributed by atoms with van der Waals surface area (Å²) in [7, 11) is 1.78. The molecule has 1 fully saturated rings. The number of ether oxygens (including phenoxy) is 2. The lowest BCUT2D eigenvalue weighted by atomic mass is 9.96. The second-order valence-corrected chi connectivity index (χ2v) is 9.90. The lowest BCUT2D eigenvalue weighted by Crippen LogP contribution is -2.58. The second kappa shape index (κ2) is 12.2. The van der Waals surface area contributed by atoms with Gasteiger partial charge in [0.1, 0.15) is 18.0 Å². The maximum Gasteiger partial charge on any atom is 0.227 e. The van der Waals surface area contributed by atoms with Crippen molar-refractivity contribution in [3.63, 3.8) is 0 Å². The van der Waals surface area contributed by atoms with Crippen LogP contribution in [0.5, 0.6) is 5.75 Å². The van der Waals surface area contributed by atoms with Crippen molar-refractivity contribution >= 4 is 23.4 Å². The Bertz CT molecular complexity index is 1210. The molecule has 3 aromatic rings. The molecule has 1 atom stereocenters. The highest BCUT2D eigenvalue weighted by atomic mass is 35.5. The fraction of sp³-hybridized carbons (Fsp3) is 0.345. The Balaban J connectivity index is 1.50. The summed E-state index contributed by atoms with van der Waals surface area (Å²) in [5.41, 5.74) is 1.79. The molecule has 2 heterocycles. The zero-order valence-corrected chi connectivity index (χ0v) is 22.0. The molecule has 0 radical (unpaired) electrons. The smallest absolute Gasteiger partial charge is 0.227 e. The van der Waals surface area contributed by atoms with Crippen molar-refractivity contribution in [1.82, 2.24) is 14.8 Å². The number of carbonyl (C=O) groups is 2.